The molecule has 0 saturated heterocycles. The van der Waals surface area contributed by atoms with Crippen LogP contribution in [0.25, 0.3) is 0 Å². The Labute approximate surface area is 190 Å². The van der Waals surface area contributed by atoms with Crippen LogP contribution in [0.5, 0.6) is 0 Å². The van der Waals surface area contributed by atoms with Gasteiger partial charge in [0, 0.05) is 0 Å². The number of carbonyl (C=O) groups is 1. The predicted molar refractivity (Wildman–Crippen MR) is 132 cm³/mol. The first-order valence-electron chi connectivity index (χ1n) is 12.8. The van der Waals surface area contributed by atoms with Gasteiger partial charge in [-0.25, -0.2) is 0 Å². The quantitative estimate of drug-likeness (QED) is 0.195. The average molecular weight is 521 g/mol. The van der Waals surface area contributed by atoms with Crippen LogP contribution in [0.4, 0.5) is 0 Å². The van der Waals surface area contributed by atoms with Crippen molar-refractivity contribution in [2.75, 3.05) is 0 Å². The second kappa shape index (κ2) is 13.8. The van der Waals surface area contributed by atoms with Gasteiger partial charge >= 0.3 is 191 Å². The molecule has 0 spiro atoms. The number of esters is 1. The summed E-state index contributed by atoms with van der Waals surface area (Å²) in [6.45, 7) is 8.58. The molecule has 1 fully saturated rings. The van der Waals surface area contributed by atoms with Gasteiger partial charge in [-0.15, -0.1) is 0 Å². The summed E-state index contributed by atoms with van der Waals surface area (Å²) >= 11 is -2.38. The minimum atomic E-state index is -2.38. The molecular weight excluding hydrogens is 475 g/mol. The summed E-state index contributed by atoms with van der Waals surface area (Å²) < 4.78 is 12.1. The molecule has 1 saturated carbocycles. The van der Waals surface area contributed by atoms with E-state index in [1.54, 1.807) is 10.5 Å². The molecule has 2 nitrogen and oxygen atoms in total. The van der Waals surface area contributed by atoms with Gasteiger partial charge in [0.05, 0.1) is 0 Å². The van der Waals surface area contributed by atoms with Gasteiger partial charge in [0.2, 0.25) is 0 Å². The SMILES string of the molecule is CCC[CH2][Sn]([CH2]CCC)([CH2]CCC)[c]1ccc(C(OC(C)=O)C2CCCCC2)cc1. The van der Waals surface area contributed by atoms with Crippen molar-refractivity contribution in [1.82, 2.24) is 0 Å². The van der Waals surface area contributed by atoms with Crippen molar-refractivity contribution in [2.24, 2.45) is 5.92 Å². The molecule has 1 aliphatic carbocycles. The van der Waals surface area contributed by atoms with Crippen molar-refractivity contribution < 1.29 is 9.53 Å². The first-order valence-corrected chi connectivity index (χ1v) is 20.3. The Bertz CT molecular complexity index is 582. The molecule has 1 atom stereocenters. The number of hydrogen-bond acceptors (Lipinski definition) is 2. The van der Waals surface area contributed by atoms with Crippen molar-refractivity contribution >= 4 is 27.9 Å². The van der Waals surface area contributed by atoms with E-state index in [9.17, 15) is 4.79 Å². The zero-order valence-corrected chi connectivity index (χ0v) is 23.0. The summed E-state index contributed by atoms with van der Waals surface area (Å²) in [5.41, 5.74) is 1.22. The second-order valence-electron chi connectivity index (χ2n) is 9.64. The molecule has 0 radical (unpaired) electrons. The number of rotatable bonds is 13. The van der Waals surface area contributed by atoms with Crippen molar-refractivity contribution in [2.45, 2.75) is 118 Å². The molecule has 3 heteroatoms. The Hall–Kier alpha value is -0.511. The molecule has 1 aromatic carbocycles. The molecule has 0 aliphatic heterocycles. The van der Waals surface area contributed by atoms with Gasteiger partial charge in [-0.05, 0) is 0 Å². The normalized spacial score (nSPS) is 16.4. The van der Waals surface area contributed by atoms with E-state index in [2.05, 4.69) is 45.0 Å². The van der Waals surface area contributed by atoms with Crippen molar-refractivity contribution in [3.63, 3.8) is 0 Å². The zero-order chi connectivity index (χ0) is 21.8. The molecule has 1 aromatic rings. The summed E-state index contributed by atoms with van der Waals surface area (Å²) in [7, 11) is 0. The minimum absolute atomic E-state index is 0.0524. The second-order valence-corrected chi connectivity index (χ2v) is 22.9. The van der Waals surface area contributed by atoms with Crippen LogP contribution < -0.4 is 3.58 Å². The summed E-state index contributed by atoms with van der Waals surface area (Å²) in [6.07, 6.45) is 14.3. The van der Waals surface area contributed by atoms with Gasteiger partial charge in [-0.3, -0.25) is 0 Å². The predicted octanol–water partition coefficient (Wildman–Crippen LogP) is 7.93. The third-order valence-corrected chi connectivity index (χ3v) is 22.9. The summed E-state index contributed by atoms with van der Waals surface area (Å²) in [5.74, 6) is 0.346. The fourth-order valence-electron chi connectivity index (χ4n) is 5.43. The Morgan fingerprint density at radius 1 is 0.900 bits per heavy atom. The molecule has 170 valence electrons. The van der Waals surface area contributed by atoms with Gasteiger partial charge in [-0.1, -0.05) is 0 Å². The van der Waals surface area contributed by atoms with Crippen LogP contribution in [0.2, 0.25) is 13.3 Å². The van der Waals surface area contributed by atoms with E-state index in [4.69, 9.17) is 4.74 Å². The topological polar surface area (TPSA) is 26.3 Å². The molecule has 0 N–H and O–H groups in total. The first kappa shape index (κ1) is 25.7. The number of ether oxygens (including phenoxy) is 1. The fraction of sp³-hybridized carbons (Fsp3) is 0.741. The third kappa shape index (κ3) is 7.57. The maximum absolute atomic E-state index is 11.8. The van der Waals surface area contributed by atoms with Crippen molar-refractivity contribution in [1.29, 1.82) is 0 Å². The average Bonchev–Trinajstić information content (AvgIpc) is 2.78. The van der Waals surface area contributed by atoms with E-state index in [1.165, 1.54) is 89.5 Å². The van der Waals surface area contributed by atoms with E-state index < -0.39 is 18.4 Å². The van der Waals surface area contributed by atoms with E-state index in [0.29, 0.717) is 5.92 Å². The third-order valence-electron chi connectivity index (χ3n) is 7.25. The monoisotopic (exact) mass is 522 g/mol. The summed E-state index contributed by atoms with van der Waals surface area (Å²) in [4.78, 5) is 11.8. The summed E-state index contributed by atoms with van der Waals surface area (Å²) in [6, 6.07) is 9.58. The van der Waals surface area contributed by atoms with Crippen LogP contribution in [0, 0.1) is 5.92 Å². The molecule has 30 heavy (non-hydrogen) atoms. The van der Waals surface area contributed by atoms with Crippen molar-refractivity contribution in [3.8, 4) is 0 Å². The molecular formula is C27H46O2Sn. The number of hydrogen-bond donors (Lipinski definition) is 0. The number of unbranched alkanes of at least 4 members (excludes halogenated alkanes) is 3. The van der Waals surface area contributed by atoms with E-state index in [-0.39, 0.29) is 12.1 Å². The Balaban J connectivity index is 2.30. The van der Waals surface area contributed by atoms with E-state index >= 15 is 0 Å². The van der Waals surface area contributed by atoms with Gasteiger partial charge in [0.15, 0.2) is 0 Å². The van der Waals surface area contributed by atoms with Gasteiger partial charge in [-0.2, -0.15) is 0 Å². The molecule has 0 bridgehead atoms. The van der Waals surface area contributed by atoms with Gasteiger partial charge in [0.1, 0.15) is 0 Å². The van der Waals surface area contributed by atoms with Gasteiger partial charge in [0.25, 0.3) is 0 Å². The van der Waals surface area contributed by atoms with Crippen LogP contribution in [0.3, 0.4) is 0 Å². The van der Waals surface area contributed by atoms with Gasteiger partial charge < -0.3 is 0 Å². The van der Waals surface area contributed by atoms with Crippen LogP contribution in [-0.2, 0) is 9.53 Å². The first-order chi connectivity index (χ1) is 14.6. The van der Waals surface area contributed by atoms with Crippen LogP contribution >= 0.6 is 0 Å². The van der Waals surface area contributed by atoms with E-state index in [0.717, 1.165) is 0 Å². The Kier molecular flexibility index (Phi) is 11.8. The molecule has 0 heterocycles. The molecule has 1 unspecified atom stereocenters. The number of benzene rings is 1. The van der Waals surface area contributed by atoms with Crippen LogP contribution in [0.1, 0.15) is 110 Å². The molecule has 1 aliphatic rings. The standard InChI is InChI=1S/C15H19O2.3C4H9.Sn/c1-12(16)17-15(13-8-4-2-5-9-13)14-10-6-3-7-11-14;3*1-3-4-2;/h6-7,10-11,13,15H,2,4-5,8-9H2,1H3;3*1,3-4H2,2H3;. The van der Waals surface area contributed by atoms with Crippen LogP contribution in [0.15, 0.2) is 24.3 Å². The molecule has 0 aromatic heterocycles. The summed E-state index contributed by atoms with van der Waals surface area (Å²) in [5, 5.41) is 0. The Morgan fingerprint density at radius 3 is 1.83 bits per heavy atom. The zero-order valence-electron chi connectivity index (χ0n) is 20.2. The van der Waals surface area contributed by atoms with Crippen LogP contribution in [-0.4, -0.2) is 24.3 Å². The van der Waals surface area contributed by atoms with E-state index in [1.807, 2.05) is 0 Å². The Morgan fingerprint density at radius 2 is 1.40 bits per heavy atom. The fourth-order valence-corrected chi connectivity index (χ4v) is 21.4. The number of carbonyl (C=O) groups excluding carboxylic acids is 1. The molecule has 2 rings (SSSR count). The maximum atomic E-state index is 11.8. The van der Waals surface area contributed by atoms with Crippen molar-refractivity contribution in [3.05, 3.63) is 29.8 Å². The molecule has 0 amide bonds.